The van der Waals surface area contributed by atoms with Crippen molar-refractivity contribution in [3.05, 3.63) is 174 Å². The summed E-state index contributed by atoms with van der Waals surface area (Å²) in [4.78, 5) is 9.98. The first-order valence-electron chi connectivity index (χ1n) is 15.8. The fourth-order valence-electron chi connectivity index (χ4n) is 8.61. The van der Waals surface area contributed by atoms with Crippen LogP contribution in [0.1, 0.15) is 22.3 Å². The maximum absolute atomic E-state index is 5.26. The summed E-state index contributed by atoms with van der Waals surface area (Å²) in [6.45, 7) is 0. The lowest BCUT2D eigenvalue weighted by atomic mass is 9.65. The smallest absolute Gasteiger partial charge is 0.0972 e. The minimum absolute atomic E-state index is 0.479. The van der Waals surface area contributed by atoms with E-state index in [0.717, 1.165) is 33.1 Å². The fourth-order valence-corrected chi connectivity index (χ4v) is 8.61. The van der Waals surface area contributed by atoms with Crippen molar-refractivity contribution in [2.45, 2.75) is 5.41 Å². The summed E-state index contributed by atoms with van der Waals surface area (Å²) in [5, 5.41) is 4.78. The largest absolute Gasteiger partial charge is 0.309 e. The average molecular weight is 584 g/mol. The van der Waals surface area contributed by atoms with Gasteiger partial charge in [-0.25, -0.2) is 4.98 Å². The molecular formula is C43H25N3. The highest BCUT2D eigenvalue weighted by Crippen LogP contribution is 2.61. The highest BCUT2D eigenvalue weighted by molar-refractivity contribution is 6.13. The van der Waals surface area contributed by atoms with Gasteiger partial charge in [0.15, 0.2) is 0 Å². The van der Waals surface area contributed by atoms with Crippen LogP contribution >= 0.6 is 0 Å². The second kappa shape index (κ2) is 8.56. The lowest BCUT2D eigenvalue weighted by molar-refractivity contribution is 0.748. The molecule has 0 amide bonds. The molecule has 0 fully saturated rings. The van der Waals surface area contributed by atoms with Crippen molar-refractivity contribution >= 4 is 43.6 Å². The van der Waals surface area contributed by atoms with Gasteiger partial charge in [0.05, 0.1) is 38.9 Å². The Hall–Kier alpha value is -6.06. The Labute approximate surface area is 265 Å². The minimum Gasteiger partial charge on any atom is -0.309 e. The molecule has 0 bridgehead atoms. The number of aromatic nitrogens is 3. The molecule has 0 saturated heterocycles. The zero-order valence-corrected chi connectivity index (χ0v) is 24.8. The van der Waals surface area contributed by atoms with E-state index in [9.17, 15) is 0 Å². The van der Waals surface area contributed by atoms with Gasteiger partial charge >= 0.3 is 0 Å². The van der Waals surface area contributed by atoms with Crippen LogP contribution in [0, 0.1) is 0 Å². The van der Waals surface area contributed by atoms with Gasteiger partial charge < -0.3 is 4.57 Å². The Morgan fingerprint density at radius 3 is 2.20 bits per heavy atom. The summed E-state index contributed by atoms with van der Waals surface area (Å²) >= 11 is 0. The molecule has 2 aliphatic rings. The van der Waals surface area contributed by atoms with Crippen LogP contribution in [0.4, 0.5) is 0 Å². The molecule has 11 rings (SSSR count). The number of nitrogens with zero attached hydrogens (tertiary/aromatic N) is 3. The molecule has 6 aromatic carbocycles. The first kappa shape index (κ1) is 24.3. The van der Waals surface area contributed by atoms with Crippen molar-refractivity contribution in [1.29, 1.82) is 0 Å². The van der Waals surface area contributed by atoms with Gasteiger partial charge in [0.1, 0.15) is 0 Å². The lowest BCUT2D eigenvalue weighted by Crippen LogP contribution is -2.33. The van der Waals surface area contributed by atoms with Crippen LogP contribution in [0.3, 0.4) is 0 Å². The van der Waals surface area contributed by atoms with Crippen molar-refractivity contribution in [3.8, 4) is 28.1 Å². The third-order valence-corrected chi connectivity index (χ3v) is 10.4. The molecule has 0 radical (unpaired) electrons. The van der Waals surface area contributed by atoms with E-state index in [4.69, 9.17) is 9.97 Å². The van der Waals surface area contributed by atoms with E-state index in [1.54, 1.807) is 0 Å². The molecule has 4 heterocycles. The third-order valence-electron chi connectivity index (χ3n) is 10.4. The van der Waals surface area contributed by atoms with E-state index in [2.05, 4.69) is 144 Å². The van der Waals surface area contributed by atoms with E-state index >= 15 is 0 Å². The second-order valence-corrected chi connectivity index (χ2v) is 12.5. The summed E-state index contributed by atoms with van der Waals surface area (Å²) in [7, 11) is 0. The van der Waals surface area contributed by atoms with Gasteiger partial charge in [-0.2, -0.15) is 0 Å². The summed E-state index contributed by atoms with van der Waals surface area (Å²) in [5.74, 6) is 0. The fraction of sp³-hybridized carbons (Fsp3) is 0.0233. The number of rotatable bonds is 1. The zero-order chi connectivity index (χ0) is 30.0. The van der Waals surface area contributed by atoms with Crippen LogP contribution in [0.25, 0.3) is 71.7 Å². The van der Waals surface area contributed by atoms with Crippen LogP contribution in [-0.2, 0) is 5.41 Å². The van der Waals surface area contributed by atoms with E-state index in [0.29, 0.717) is 0 Å². The van der Waals surface area contributed by atoms with Crippen LogP contribution in [0.15, 0.2) is 152 Å². The molecule has 3 nitrogen and oxygen atoms in total. The van der Waals surface area contributed by atoms with Gasteiger partial charge in [-0.05, 0) is 63.7 Å². The van der Waals surface area contributed by atoms with Gasteiger partial charge in [-0.15, -0.1) is 0 Å². The Bertz CT molecular complexity index is 2770. The van der Waals surface area contributed by atoms with E-state index in [-0.39, 0.29) is 0 Å². The molecule has 1 aliphatic carbocycles. The molecule has 9 aromatic rings. The molecule has 212 valence electrons. The predicted molar refractivity (Wildman–Crippen MR) is 188 cm³/mol. The Kier molecular flexibility index (Phi) is 4.52. The molecule has 0 saturated carbocycles. The number of para-hydroxylation sites is 3. The normalized spacial score (nSPS) is 15.9. The maximum Gasteiger partial charge on any atom is 0.0972 e. The van der Waals surface area contributed by atoms with Gasteiger partial charge in [-0.3, -0.25) is 4.98 Å². The third kappa shape index (κ3) is 2.84. The number of fused-ring (bicyclic) bond motifs is 15. The molecule has 3 heteroatoms. The molecule has 1 aliphatic heterocycles. The van der Waals surface area contributed by atoms with Crippen molar-refractivity contribution in [2.24, 2.45) is 0 Å². The number of hydrogen-bond donors (Lipinski definition) is 0. The Morgan fingerprint density at radius 1 is 0.500 bits per heavy atom. The van der Waals surface area contributed by atoms with Crippen LogP contribution in [-0.4, -0.2) is 14.5 Å². The molecule has 0 N–H and O–H groups in total. The second-order valence-electron chi connectivity index (χ2n) is 12.5. The zero-order valence-electron chi connectivity index (χ0n) is 24.8. The van der Waals surface area contributed by atoms with Crippen LogP contribution < -0.4 is 0 Å². The quantitative estimate of drug-likeness (QED) is 0.180. The van der Waals surface area contributed by atoms with Crippen molar-refractivity contribution in [2.75, 3.05) is 0 Å². The first-order valence-corrected chi connectivity index (χ1v) is 15.8. The summed E-state index contributed by atoms with van der Waals surface area (Å²) in [5.41, 5.74) is 15.1. The monoisotopic (exact) mass is 583 g/mol. The topological polar surface area (TPSA) is 30.7 Å². The van der Waals surface area contributed by atoms with Crippen LogP contribution in [0.5, 0.6) is 0 Å². The van der Waals surface area contributed by atoms with Gasteiger partial charge in [0.25, 0.3) is 0 Å². The summed E-state index contributed by atoms with van der Waals surface area (Å²) in [6, 6.07) is 53.4. The lowest BCUT2D eigenvalue weighted by Gasteiger charge is -2.39. The highest BCUT2D eigenvalue weighted by atomic mass is 15.0. The highest BCUT2D eigenvalue weighted by Gasteiger charge is 2.50. The van der Waals surface area contributed by atoms with Crippen molar-refractivity contribution in [3.63, 3.8) is 0 Å². The Morgan fingerprint density at radius 2 is 1.24 bits per heavy atom. The van der Waals surface area contributed by atoms with E-state index in [1.165, 1.54) is 60.9 Å². The van der Waals surface area contributed by atoms with E-state index in [1.807, 2.05) is 12.3 Å². The first-order chi connectivity index (χ1) is 22.8. The van der Waals surface area contributed by atoms with Gasteiger partial charge in [0.2, 0.25) is 0 Å². The summed E-state index contributed by atoms with van der Waals surface area (Å²) < 4.78 is 2.49. The maximum atomic E-state index is 5.26. The van der Waals surface area contributed by atoms with Gasteiger partial charge in [0, 0.05) is 33.3 Å². The number of benzene rings is 6. The molecular weight excluding hydrogens is 558 g/mol. The number of pyridine rings is 2. The van der Waals surface area contributed by atoms with Gasteiger partial charge in [-0.1, -0.05) is 115 Å². The molecule has 46 heavy (non-hydrogen) atoms. The SMILES string of the molecule is c1ccc2c(c1)-c1ccc(-c3ccc4ccc5cccnc5c4n3)cc1C21c2ccccc2-n2c3ccccc3c3cccc1c32. The molecule has 1 spiro atoms. The molecule has 1 atom stereocenters. The molecule has 1 unspecified atom stereocenters. The van der Waals surface area contributed by atoms with Crippen LogP contribution in [0.2, 0.25) is 0 Å². The van der Waals surface area contributed by atoms with Crippen molar-refractivity contribution in [1.82, 2.24) is 14.5 Å². The molecule has 3 aromatic heterocycles. The minimum atomic E-state index is -0.479. The predicted octanol–water partition coefficient (Wildman–Crippen LogP) is 10.2. The Balaban J connectivity index is 1.27. The van der Waals surface area contributed by atoms with Crippen molar-refractivity contribution < 1.29 is 0 Å². The standard InChI is InChI=1S/C43H25N3/c1-3-13-33-29(10-1)30-22-20-28(37-23-21-27-19-18-26-9-8-24-44-40(26)41(27)45-37)25-36(30)43(33)34-14-4-6-17-39(34)46-38-16-5-2-11-31(38)32-12-7-15-35(43)42(32)46/h1-25H. The average Bonchev–Trinajstić information content (AvgIpc) is 3.62. The number of hydrogen-bond acceptors (Lipinski definition) is 2. The van der Waals surface area contributed by atoms with E-state index < -0.39 is 5.41 Å². The summed E-state index contributed by atoms with van der Waals surface area (Å²) in [6.07, 6.45) is 1.85.